The average Bonchev–Trinajstić information content (AvgIpc) is 2.80. The summed E-state index contributed by atoms with van der Waals surface area (Å²) >= 11 is 4.72. The number of nitrogens with zero attached hydrogens (tertiary/aromatic N) is 1. The Morgan fingerprint density at radius 2 is 2.29 bits per heavy atom. The number of thiophene rings is 1. The summed E-state index contributed by atoms with van der Waals surface area (Å²) in [6, 6.07) is 2.12. The first-order valence-corrected chi connectivity index (χ1v) is 10.4. The second kappa shape index (κ2) is 7.08. The maximum absolute atomic E-state index is 12.8. The van der Waals surface area contributed by atoms with Gasteiger partial charge in [-0.1, -0.05) is 6.92 Å². The maximum atomic E-state index is 12.8. The second-order valence-corrected chi connectivity index (χ2v) is 10.2. The van der Waals surface area contributed by atoms with Crippen molar-refractivity contribution >= 4 is 37.3 Å². The van der Waals surface area contributed by atoms with Crippen LogP contribution in [0.25, 0.3) is 0 Å². The van der Waals surface area contributed by atoms with Crippen LogP contribution in [0.4, 0.5) is 0 Å². The Morgan fingerprint density at radius 3 is 2.86 bits per heavy atom. The SMILES string of the molecule is CCNC(C)C1CCCN(S(=O)(=O)c2cc(C)c(Br)s2)C1. The molecule has 0 radical (unpaired) electrons. The van der Waals surface area contributed by atoms with Crippen LogP contribution in [0.5, 0.6) is 0 Å². The van der Waals surface area contributed by atoms with E-state index in [1.807, 2.05) is 6.92 Å². The minimum atomic E-state index is -3.35. The molecule has 21 heavy (non-hydrogen) atoms. The third-order valence-electron chi connectivity index (χ3n) is 4.08. The molecule has 0 aliphatic carbocycles. The number of sulfonamides is 1. The van der Waals surface area contributed by atoms with Gasteiger partial charge in [-0.05, 0) is 66.7 Å². The van der Waals surface area contributed by atoms with E-state index in [9.17, 15) is 8.42 Å². The Balaban J connectivity index is 2.16. The second-order valence-electron chi connectivity index (χ2n) is 5.63. The molecule has 2 unspecified atom stereocenters. The molecule has 1 saturated heterocycles. The van der Waals surface area contributed by atoms with E-state index in [4.69, 9.17) is 0 Å². The first-order valence-electron chi connectivity index (χ1n) is 7.35. The van der Waals surface area contributed by atoms with Gasteiger partial charge < -0.3 is 5.32 Å². The lowest BCUT2D eigenvalue weighted by Crippen LogP contribution is -2.46. The summed E-state index contributed by atoms with van der Waals surface area (Å²) < 4.78 is 28.6. The standard InChI is InChI=1S/C14H23BrN2O2S2/c1-4-16-11(3)12-6-5-7-17(9-12)21(18,19)13-8-10(2)14(15)20-13/h8,11-12,16H,4-7,9H2,1-3H3. The molecule has 2 rings (SSSR count). The molecule has 0 saturated carbocycles. The van der Waals surface area contributed by atoms with Crippen LogP contribution >= 0.6 is 27.3 Å². The molecule has 2 atom stereocenters. The Morgan fingerprint density at radius 1 is 1.57 bits per heavy atom. The van der Waals surface area contributed by atoms with Crippen LogP contribution in [0.15, 0.2) is 14.1 Å². The number of hydrogen-bond donors (Lipinski definition) is 1. The normalized spacial score (nSPS) is 22.4. The fraction of sp³-hybridized carbons (Fsp3) is 0.714. The average molecular weight is 395 g/mol. The van der Waals surface area contributed by atoms with Crippen molar-refractivity contribution in [1.29, 1.82) is 0 Å². The van der Waals surface area contributed by atoms with Gasteiger partial charge in [0.05, 0.1) is 3.79 Å². The van der Waals surface area contributed by atoms with Gasteiger partial charge in [-0.3, -0.25) is 0 Å². The Bertz CT molecular complexity index is 566. The predicted octanol–water partition coefficient (Wildman–Crippen LogP) is 3.22. The van der Waals surface area contributed by atoms with Crippen molar-refractivity contribution in [3.05, 3.63) is 15.4 Å². The lowest BCUT2D eigenvalue weighted by atomic mass is 9.93. The number of nitrogens with one attached hydrogen (secondary N) is 1. The van der Waals surface area contributed by atoms with Crippen LogP contribution in [0.1, 0.15) is 32.3 Å². The topological polar surface area (TPSA) is 49.4 Å². The van der Waals surface area contributed by atoms with Gasteiger partial charge in [-0.15, -0.1) is 11.3 Å². The van der Waals surface area contributed by atoms with E-state index in [0.717, 1.165) is 28.7 Å². The summed E-state index contributed by atoms with van der Waals surface area (Å²) in [5, 5.41) is 3.41. The molecule has 7 heteroatoms. The predicted molar refractivity (Wildman–Crippen MR) is 91.4 cm³/mol. The number of rotatable bonds is 5. The molecular weight excluding hydrogens is 372 g/mol. The first-order chi connectivity index (χ1) is 9.86. The van der Waals surface area contributed by atoms with Crippen LogP contribution in [-0.2, 0) is 10.0 Å². The van der Waals surface area contributed by atoms with Crippen molar-refractivity contribution in [3.63, 3.8) is 0 Å². The molecule has 1 aliphatic rings. The van der Waals surface area contributed by atoms with Gasteiger partial charge in [0.2, 0.25) is 0 Å². The molecule has 4 nitrogen and oxygen atoms in total. The van der Waals surface area contributed by atoms with Crippen molar-refractivity contribution in [2.45, 2.75) is 43.9 Å². The first kappa shape index (κ1) is 17.4. The zero-order valence-electron chi connectivity index (χ0n) is 12.7. The third-order valence-corrected chi connectivity index (χ3v) is 8.53. The molecular formula is C14H23BrN2O2S2. The van der Waals surface area contributed by atoms with E-state index in [0.29, 0.717) is 29.3 Å². The van der Waals surface area contributed by atoms with Gasteiger partial charge in [0.15, 0.2) is 0 Å². The zero-order valence-corrected chi connectivity index (χ0v) is 15.9. The van der Waals surface area contributed by atoms with E-state index < -0.39 is 10.0 Å². The zero-order chi connectivity index (χ0) is 15.6. The molecule has 2 heterocycles. The van der Waals surface area contributed by atoms with E-state index in [1.165, 1.54) is 11.3 Å². The molecule has 120 valence electrons. The molecule has 1 aromatic heterocycles. The lowest BCUT2D eigenvalue weighted by Gasteiger charge is -2.35. The molecule has 0 bridgehead atoms. The number of piperidine rings is 1. The Kier molecular flexibility index (Phi) is 5.87. The summed E-state index contributed by atoms with van der Waals surface area (Å²) in [6.07, 6.45) is 2.03. The molecule has 1 aliphatic heterocycles. The molecule has 0 aromatic carbocycles. The fourth-order valence-electron chi connectivity index (χ4n) is 2.78. The molecule has 1 N–H and O–H groups in total. The van der Waals surface area contributed by atoms with Gasteiger partial charge in [0.25, 0.3) is 10.0 Å². The summed E-state index contributed by atoms with van der Waals surface area (Å²) in [7, 11) is -3.35. The van der Waals surface area contributed by atoms with Gasteiger partial charge >= 0.3 is 0 Å². The van der Waals surface area contributed by atoms with Crippen LogP contribution in [0.3, 0.4) is 0 Å². The Hall–Kier alpha value is 0.0500. The van der Waals surface area contributed by atoms with Crippen molar-refractivity contribution < 1.29 is 8.42 Å². The summed E-state index contributed by atoms with van der Waals surface area (Å²) in [5.74, 6) is 0.387. The highest BCUT2D eigenvalue weighted by Crippen LogP contribution is 2.34. The Labute approximate surface area is 140 Å². The molecule has 0 amide bonds. The molecule has 0 spiro atoms. The minimum Gasteiger partial charge on any atom is -0.314 e. The van der Waals surface area contributed by atoms with E-state index >= 15 is 0 Å². The van der Waals surface area contributed by atoms with Crippen LogP contribution < -0.4 is 5.32 Å². The van der Waals surface area contributed by atoms with E-state index in [2.05, 4.69) is 35.1 Å². The minimum absolute atomic E-state index is 0.352. The van der Waals surface area contributed by atoms with Gasteiger partial charge in [-0.25, -0.2) is 8.42 Å². The summed E-state index contributed by atoms with van der Waals surface area (Å²) in [4.78, 5) is 0. The third kappa shape index (κ3) is 3.88. The highest BCUT2D eigenvalue weighted by atomic mass is 79.9. The van der Waals surface area contributed by atoms with Gasteiger partial charge in [0.1, 0.15) is 4.21 Å². The lowest BCUT2D eigenvalue weighted by molar-refractivity contribution is 0.225. The number of aryl methyl sites for hydroxylation is 1. The van der Waals surface area contributed by atoms with E-state index in [-0.39, 0.29) is 0 Å². The van der Waals surface area contributed by atoms with Crippen LogP contribution in [0.2, 0.25) is 0 Å². The highest BCUT2D eigenvalue weighted by molar-refractivity contribution is 9.11. The van der Waals surface area contributed by atoms with Crippen molar-refractivity contribution in [3.8, 4) is 0 Å². The maximum Gasteiger partial charge on any atom is 0.252 e. The smallest absolute Gasteiger partial charge is 0.252 e. The molecule has 1 aromatic rings. The van der Waals surface area contributed by atoms with Crippen molar-refractivity contribution in [2.75, 3.05) is 19.6 Å². The van der Waals surface area contributed by atoms with Crippen molar-refractivity contribution in [2.24, 2.45) is 5.92 Å². The number of hydrogen-bond acceptors (Lipinski definition) is 4. The quantitative estimate of drug-likeness (QED) is 0.833. The summed E-state index contributed by atoms with van der Waals surface area (Å²) in [5.41, 5.74) is 0.980. The van der Waals surface area contributed by atoms with Gasteiger partial charge in [0, 0.05) is 19.1 Å². The highest BCUT2D eigenvalue weighted by Gasteiger charge is 2.33. The van der Waals surface area contributed by atoms with Crippen LogP contribution in [0, 0.1) is 12.8 Å². The molecule has 1 fully saturated rings. The van der Waals surface area contributed by atoms with E-state index in [1.54, 1.807) is 10.4 Å². The monoisotopic (exact) mass is 394 g/mol. The fourth-order valence-corrected chi connectivity index (χ4v) is 6.69. The summed E-state index contributed by atoms with van der Waals surface area (Å²) in [6.45, 7) is 8.32. The van der Waals surface area contributed by atoms with Crippen LogP contribution in [-0.4, -0.2) is 38.4 Å². The largest absolute Gasteiger partial charge is 0.314 e. The van der Waals surface area contributed by atoms with Gasteiger partial charge in [-0.2, -0.15) is 4.31 Å². The van der Waals surface area contributed by atoms with Crippen molar-refractivity contribution in [1.82, 2.24) is 9.62 Å². The number of halogens is 1.